The number of phenols is 1. The Balaban J connectivity index is 1.58. The summed E-state index contributed by atoms with van der Waals surface area (Å²) in [7, 11) is 1.46. The molecular weight excluding hydrogens is 470 g/mol. The van der Waals surface area contributed by atoms with Crippen molar-refractivity contribution >= 4 is 17.8 Å². The Kier molecular flexibility index (Phi) is 10.1. The van der Waals surface area contributed by atoms with Crippen molar-refractivity contribution in [1.82, 2.24) is 15.5 Å². The Hall–Kier alpha value is -3.39. The Bertz CT molecular complexity index is 1060. The van der Waals surface area contributed by atoms with Crippen molar-refractivity contribution < 1.29 is 24.2 Å². The minimum atomic E-state index is -0.647. The number of likely N-dealkylation sites (tertiary alicyclic amines) is 1. The number of hydrogen-bond acceptors (Lipinski definition) is 6. The SMILES string of the molecule is CNC(=O)COC(=O)CNC(=O)C(CCN1CCC(C)(c2cccc(O)c2)C(C)C1)Cc1ccccc1. The van der Waals surface area contributed by atoms with E-state index in [0.29, 0.717) is 24.5 Å². The summed E-state index contributed by atoms with van der Waals surface area (Å²) >= 11 is 0. The van der Waals surface area contributed by atoms with Gasteiger partial charge in [0, 0.05) is 19.5 Å². The first-order valence-corrected chi connectivity index (χ1v) is 12.9. The van der Waals surface area contributed by atoms with Gasteiger partial charge in [0.15, 0.2) is 6.61 Å². The molecule has 200 valence electrons. The molecule has 1 saturated heterocycles. The summed E-state index contributed by atoms with van der Waals surface area (Å²) in [5.74, 6) is -0.886. The van der Waals surface area contributed by atoms with E-state index in [2.05, 4.69) is 35.4 Å². The Morgan fingerprint density at radius 1 is 1.16 bits per heavy atom. The molecule has 0 radical (unpaired) electrons. The van der Waals surface area contributed by atoms with Crippen LogP contribution in [0.1, 0.15) is 37.8 Å². The molecule has 0 aromatic heterocycles. The fourth-order valence-electron chi connectivity index (χ4n) is 4.95. The quantitative estimate of drug-likeness (QED) is 0.402. The van der Waals surface area contributed by atoms with Crippen molar-refractivity contribution in [1.29, 1.82) is 0 Å². The molecule has 1 aliphatic heterocycles. The lowest BCUT2D eigenvalue weighted by molar-refractivity contribution is -0.148. The number of phenolic OH excluding ortho intramolecular Hbond substituents is 1. The fraction of sp³-hybridized carbons (Fsp3) is 0.483. The molecule has 3 rings (SSSR count). The van der Waals surface area contributed by atoms with E-state index in [-0.39, 0.29) is 30.4 Å². The number of amides is 2. The second-order valence-corrected chi connectivity index (χ2v) is 10.1. The van der Waals surface area contributed by atoms with Crippen molar-refractivity contribution in [2.75, 3.05) is 39.8 Å². The van der Waals surface area contributed by atoms with Gasteiger partial charge < -0.3 is 25.4 Å². The third-order valence-corrected chi connectivity index (χ3v) is 7.61. The number of hydrogen-bond donors (Lipinski definition) is 3. The number of carbonyl (C=O) groups is 3. The summed E-state index contributed by atoms with van der Waals surface area (Å²) in [6.07, 6.45) is 2.19. The highest BCUT2D eigenvalue weighted by atomic mass is 16.5. The van der Waals surface area contributed by atoms with Gasteiger partial charge in [-0.25, -0.2) is 0 Å². The smallest absolute Gasteiger partial charge is 0.325 e. The van der Waals surface area contributed by atoms with E-state index < -0.39 is 11.9 Å². The van der Waals surface area contributed by atoms with Crippen molar-refractivity contribution in [3.8, 4) is 5.75 Å². The summed E-state index contributed by atoms with van der Waals surface area (Å²) in [5.41, 5.74) is 2.20. The van der Waals surface area contributed by atoms with Crippen molar-refractivity contribution in [3.05, 3.63) is 65.7 Å². The highest BCUT2D eigenvalue weighted by Gasteiger charge is 2.38. The van der Waals surface area contributed by atoms with Gasteiger partial charge in [-0.05, 0) is 66.9 Å². The summed E-state index contributed by atoms with van der Waals surface area (Å²) < 4.78 is 4.88. The number of nitrogens with zero attached hydrogens (tertiary/aromatic N) is 1. The first kappa shape index (κ1) is 28.2. The van der Waals surface area contributed by atoms with Crippen molar-refractivity contribution in [3.63, 3.8) is 0 Å². The van der Waals surface area contributed by atoms with Gasteiger partial charge in [0.2, 0.25) is 5.91 Å². The van der Waals surface area contributed by atoms with Crippen LogP contribution in [0, 0.1) is 11.8 Å². The molecule has 1 heterocycles. The second-order valence-electron chi connectivity index (χ2n) is 10.1. The normalized spacial score (nSPS) is 20.6. The largest absolute Gasteiger partial charge is 0.508 e. The molecule has 0 bridgehead atoms. The van der Waals surface area contributed by atoms with E-state index in [1.807, 2.05) is 42.5 Å². The van der Waals surface area contributed by atoms with Crippen LogP contribution < -0.4 is 10.6 Å². The summed E-state index contributed by atoms with van der Waals surface area (Å²) in [6, 6.07) is 17.4. The highest BCUT2D eigenvalue weighted by Crippen LogP contribution is 2.40. The lowest BCUT2D eigenvalue weighted by Crippen LogP contribution is -2.48. The van der Waals surface area contributed by atoms with Crippen LogP contribution in [0.15, 0.2) is 54.6 Å². The number of benzene rings is 2. The number of likely N-dealkylation sites (N-methyl/N-ethyl adjacent to an activating group) is 1. The van der Waals surface area contributed by atoms with Gasteiger partial charge in [-0.1, -0.05) is 56.3 Å². The van der Waals surface area contributed by atoms with Gasteiger partial charge in [-0.3, -0.25) is 14.4 Å². The standard InChI is InChI=1S/C29H39N3O5/c1-21-19-32(15-13-29(21,2)24-10-7-11-25(33)17-24)14-12-23(16-22-8-5-4-6-9-22)28(36)31-18-27(35)37-20-26(34)30-3/h4-11,17,21,23,33H,12-16,18-20H2,1-3H3,(H,30,34)(H,31,36). The third-order valence-electron chi connectivity index (χ3n) is 7.61. The van der Waals surface area contributed by atoms with Crippen LogP contribution in [0.4, 0.5) is 0 Å². The third kappa shape index (κ3) is 8.05. The number of piperidine rings is 1. The average Bonchev–Trinajstić information content (AvgIpc) is 2.90. The van der Waals surface area contributed by atoms with Gasteiger partial charge in [0.25, 0.3) is 5.91 Å². The maximum atomic E-state index is 13.1. The van der Waals surface area contributed by atoms with Gasteiger partial charge in [0.05, 0.1) is 0 Å². The van der Waals surface area contributed by atoms with Crippen molar-refractivity contribution in [2.45, 2.75) is 38.5 Å². The highest BCUT2D eigenvalue weighted by molar-refractivity contribution is 5.85. The van der Waals surface area contributed by atoms with Crippen LogP contribution in [-0.2, 0) is 31.0 Å². The molecule has 3 atom stereocenters. The van der Waals surface area contributed by atoms with Crippen LogP contribution in [0.5, 0.6) is 5.75 Å². The van der Waals surface area contributed by atoms with Gasteiger partial charge >= 0.3 is 5.97 Å². The zero-order valence-electron chi connectivity index (χ0n) is 22.0. The summed E-state index contributed by atoms with van der Waals surface area (Å²) in [6.45, 7) is 6.44. The van der Waals surface area contributed by atoms with Gasteiger partial charge in [-0.2, -0.15) is 0 Å². The minimum absolute atomic E-state index is 0.0227. The van der Waals surface area contributed by atoms with Gasteiger partial charge in [0.1, 0.15) is 12.3 Å². The maximum Gasteiger partial charge on any atom is 0.325 e. The molecule has 0 spiro atoms. The lowest BCUT2D eigenvalue weighted by Gasteiger charge is -2.45. The second kappa shape index (κ2) is 13.2. The Morgan fingerprint density at radius 2 is 1.92 bits per heavy atom. The van der Waals surface area contributed by atoms with Crippen LogP contribution in [0.25, 0.3) is 0 Å². The molecule has 2 aromatic rings. The van der Waals surface area contributed by atoms with Crippen LogP contribution in [0.3, 0.4) is 0 Å². The summed E-state index contributed by atoms with van der Waals surface area (Å²) in [4.78, 5) is 38.7. The van der Waals surface area contributed by atoms with E-state index in [9.17, 15) is 19.5 Å². The molecule has 0 aliphatic carbocycles. The van der Waals surface area contributed by atoms with Gasteiger partial charge in [-0.15, -0.1) is 0 Å². The topological polar surface area (TPSA) is 108 Å². The van der Waals surface area contributed by atoms with Crippen molar-refractivity contribution in [2.24, 2.45) is 11.8 Å². The lowest BCUT2D eigenvalue weighted by atomic mass is 9.68. The monoisotopic (exact) mass is 509 g/mol. The number of ether oxygens (including phenoxy) is 1. The summed E-state index contributed by atoms with van der Waals surface area (Å²) in [5, 5.41) is 15.0. The molecule has 1 fully saturated rings. The zero-order valence-corrected chi connectivity index (χ0v) is 22.0. The Morgan fingerprint density at radius 3 is 2.59 bits per heavy atom. The van der Waals surface area contributed by atoms with Crippen LogP contribution in [-0.4, -0.2) is 67.6 Å². The van der Waals surface area contributed by atoms with E-state index in [4.69, 9.17) is 4.74 Å². The molecule has 2 aromatic carbocycles. The fourth-order valence-corrected chi connectivity index (χ4v) is 4.95. The van der Waals surface area contributed by atoms with E-state index in [0.717, 1.165) is 37.2 Å². The molecular formula is C29H39N3O5. The number of rotatable bonds is 11. The average molecular weight is 510 g/mol. The molecule has 3 unspecified atom stereocenters. The molecule has 1 aliphatic rings. The number of aromatic hydroxyl groups is 1. The minimum Gasteiger partial charge on any atom is -0.508 e. The molecule has 8 heteroatoms. The Labute approximate surface area is 219 Å². The van der Waals surface area contributed by atoms with E-state index in [1.54, 1.807) is 6.07 Å². The molecule has 0 saturated carbocycles. The predicted octanol–water partition coefficient (Wildman–Crippen LogP) is 2.65. The first-order chi connectivity index (χ1) is 17.7. The molecule has 2 amide bonds. The molecule has 8 nitrogen and oxygen atoms in total. The van der Waals surface area contributed by atoms with E-state index >= 15 is 0 Å². The number of nitrogens with one attached hydrogen (secondary N) is 2. The van der Waals surface area contributed by atoms with Crippen LogP contribution in [0.2, 0.25) is 0 Å². The maximum absolute atomic E-state index is 13.1. The zero-order chi connectivity index (χ0) is 26.8. The van der Waals surface area contributed by atoms with E-state index in [1.165, 1.54) is 7.05 Å². The number of esters is 1. The predicted molar refractivity (Wildman–Crippen MR) is 142 cm³/mol. The first-order valence-electron chi connectivity index (χ1n) is 12.9. The molecule has 37 heavy (non-hydrogen) atoms. The number of carbonyl (C=O) groups excluding carboxylic acids is 3. The van der Waals surface area contributed by atoms with Crippen LogP contribution >= 0.6 is 0 Å². The molecule has 3 N–H and O–H groups in total.